The molecule has 3 aromatic rings. The first-order chi connectivity index (χ1) is 18.7. The van der Waals surface area contributed by atoms with Crippen molar-refractivity contribution in [2.45, 2.75) is 78.7 Å². The highest BCUT2D eigenvalue weighted by atomic mass is 35.5. The molecule has 40 heavy (non-hydrogen) atoms. The number of phenolic OH excluding ortho intramolecular Hbond substituents is 1. The van der Waals surface area contributed by atoms with Crippen molar-refractivity contribution in [3.8, 4) is 17.2 Å². The summed E-state index contributed by atoms with van der Waals surface area (Å²) >= 11 is 6.49. The molecule has 3 aromatic carbocycles. The Morgan fingerprint density at radius 2 is 1.57 bits per heavy atom. The van der Waals surface area contributed by atoms with Gasteiger partial charge in [-0.2, -0.15) is 5.10 Å². The maximum atomic E-state index is 12.6. The number of phenols is 1. The van der Waals surface area contributed by atoms with E-state index < -0.39 is 0 Å². The van der Waals surface area contributed by atoms with E-state index in [2.05, 4.69) is 52.1 Å². The minimum Gasteiger partial charge on any atom is -0.507 e. The number of aromatic hydroxyl groups is 1. The Bertz CT molecular complexity index is 1330. The number of ether oxygens (including phenoxy) is 2. The van der Waals surface area contributed by atoms with Gasteiger partial charge in [0, 0.05) is 6.42 Å². The van der Waals surface area contributed by atoms with Gasteiger partial charge in [0.15, 0.2) is 11.5 Å². The first-order valence-corrected chi connectivity index (χ1v) is 13.8. The fourth-order valence-electron chi connectivity index (χ4n) is 4.27. The molecule has 7 heteroatoms. The molecule has 0 atom stereocenters. The number of methoxy groups -OCH3 is 1. The maximum absolute atomic E-state index is 12.6. The normalized spacial score (nSPS) is 12.0. The summed E-state index contributed by atoms with van der Waals surface area (Å²) in [6, 6.07) is 15.5. The summed E-state index contributed by atoms with van der Waals surface area (Å²) in [7, 11) is 1.55. The Balaban J connectivity index is 1.65. The summed E-state index contributed by atoms with van der Waals surface area (Å²) in [5.41, 5.74) is 7.77. The zero-order valence-corrected chi connectivity index (χ0v) is 25.6. The lowest BCUT2D eigenvalue weighted by Gasteiger charge is -2.28. The minimum atomic E-state index is -0.226. The van der Waals surface area contributed by atoms with Crippen molar-refractivity contribution in [3.05, 3.63) is 86.9 Å². The Labute approximate surface area is 243 Å². The number of hydrogen-bond acceptors (Lipinski definition) is 5. The molecule has 1 amide bonds. The quantitative estimate of drug-likeness (QED) is 0.207. The van der Waals surface area contributed by atoms with Crippen LogP contribution in [0.1, 0.15) is 81.3 Å². The number of hydrazone groups is 1. The second kappa shape index (κ2) is 12.8. The number of carbonyl (C=O) groups is 1. The van der Waals surface area contributed by atoms with Gasteiger partial charge in [0.25, 0.3) is 0 Å². The Morgan fingerprint density at radius 3 is 2.12 bits per heavy atom. The van der Waals surface area contributed by atoms with E-state index in [9.17, 15) is 9.90 Å². The number of nitrogens with one attached hydrogen (secondary N) is 1. The summed E-state index contributed by atoms with van der Waals surface area (Å²) in [5, 5.41) is 15.4. The number of rotatable bonds is 9. The van der Waals surface area contributed by atoms with Gasteiger partial charge in [0.05, 0.1) is 18.3 Å². The van der Waals surface area contributed by atoms with Gasteiger partial charge in [0.1, 0.15) is 12.4 Å². The largest absolute Gasteiger partial charge is 0.507 e. The summed E-state index contributed by atoms with van der Waals surface area (Å²) in [5.74, 6) is 1.04. The van der Waals surface area contributed by atoms with Gasteiger partial charge >= 0.3 is 0 Å². The van der Waals surface area contributed by atoms with E-state index in [0.717, 1.165) is 22.3 Å². The lowest BCUT2D eigenvalue weighted by atomic mass is 9.78. The predicted molar refractivity (Wildman–Crippen MR) is 163 cm³/mol. The van der Waals surface area contributed by atoms with E-state index in [1.165, 1.54) is 11.8 Å². The highest BCUT2D eigenvalue weighted by Gasteiger charge is 2.26. The van der Waals surface area contributed by atoms with Gasteiger partial charge in [0.2, 0.25) is 5.91 Å². The molecule has 214 valence electrons. The molecule has 0 fully saturated rings. The van der Waals surface area contributed by atoms with Crippen LogP contribution in [0.2, 0.25) is 5.02 Å². The molecule has 0 aromatic heterocycles. The summed E-state index contributed by atoms with van der Waals surface area (Å²) in [6.45, 7) is 14.8. The van der Waals surface area contributed by atoms with Crippen LogP contribution in [0.25, 0.3) is 0 Å². The van der Waals surface area contributed by atoms with Crippen LogP contribution in [0.15, 0.2) is 53.6 Å². The van der Waals surface area contributed by atoms with Crippen LogP contribution in [0.4, 0.5) is 0 Å². The third kappa shape index (κ3) is 8.25. The van der Waals surface area contributed by atoms with Crippen molar-refractivity contribution in [2.24, 2.45) is 5.10 Å². The third-order valence-electron chi connectivity index (χ3n) is 6.58. The molecule has 0 aliphatic heterocycles. The van der Waals surface area contributed by atoms with E-state index >= 15 is 0 Å². The fourth-order valence-corrected chi connectivity index (χ4v) is 4.54. The maximum Gasteiger partial charge on any atom is 0.240 e. The van der Waals surface area contributed by atoms with Crippen LogP contribution in [0, 0.1) is 6.92 Å². The summed E-state index contributed by atoms with van der Waals surface area (Å²) < 4.78 is 11.4. The number of carbonyl (C=O) groups excluding carboxylic acids is 1. The van der Waals surface area contributed by atoms with Crippen molar-refractivity contribution in [1.29, 1.82) is 0 Å². The van der Waals surface area contributed by atoms with Gasteiger partial charge in [-0.15, -0.1) is 0 Å². The van der Waals surface area contributed by atoms with Crippen LogP contribution in [-0.4, -0.2) is 24.3 Å². The first kappa shape index (κ1) is 31.0. The SMILES string of the molecule is COc1cc(/C=N\NC(=O)CCc2cc(C(C)(C)C)c(O)c(C(C)(C)C)c2)cc(Cl)c1OCc1ccc(C)cc1. The van der Waals surface area contributed by atoms with E-state index in [4.69, 9.17) is 21.1 Å². The molecule has 0 aliphatic carbocycles. The van der Waals surface area contributed by atoms with Gasteiger partial charge in [-0.3, -0.25) is 4.79 Å². The van der Waals surface area contributed by atoms with Crippen LogP contribution in [-0.2, 0) is 28.7 Å². The molecule has 0 bridgehead atoms. The average Bonchev–Trinajstić information content (AvgIpc) is 2.86. The number of nitrogens with zero attached hydrogens (tertiary/aromatic N) is 1. The number of halogens is 1. The molecule has 0 spiro atoms. The monoisotopic (exact) mass is 564 g/mol. The van der Waals surface area contributed by atoms with Crippen LogP contribution >= 0.6 is 11.6 Å². The van der Waals surface area contributed by atoms with E-state index in [0.29, 0.717) is 40.9 Å². The topological polar surface area (TPSA) is 80.2 Å². The third-order valence-corrected chi connectivity index (χ3v) is 6.87. The fraction of sp³-hybridized carbons (Fsp3) is 0.394. The van der Waals surface area contributed by atoms with E-state index in [-0.39, 0.29) is 23.2 Å². The van der Waals surface area contributed by atoms with E-state index in [1.807, 2.05) is 43.3 Å². The Hall–Kier alpha value is -3.51. The molecule has 0 unspecified atom stereocenters. The number of aryl methyl sites for hydroxylation is 2. The van der Waals surface area contributed by atoms with Crippen molar-refractivity contribution in [2.75, 3.05) is 7.11 Å². The van der Waals surface area contributed by atoms with Gasteiger partial charge in [-0.1, -0.05) is 95.1 Å². The standard InChI is InChI=1S/C33H41ClN2O4/c1-21-9-11-22(12-10-21)20-40-31-27(34)17-24(18-28(31)39-8)19-35-36-29(37)14-13-23-15-25(32(2,3)4)30(38)26(16-23)33(5,6)7/h9-12,15-19,38H,13-14,20H2,1-8H3,(H,36,37)/b35-19-. The van der Waals surface area contributed by atoms with Gasteiger partial charge in [-0.05, 0) is 64.1 Å². The first-order valence-electron chi connectivity index (χ1n) is 13.4. The molecule has 3 rings (SSSR count). The predicted octanol–water partition coefficient (Wildman–Crippen LogP) is 7.62. The second-order valence-electron chi connectivity index (χ2n) is 12.1. The molecule has 0 heterocycles. The average molecular weight is 565 g/mol. The molecular formula is C33H41ClN2O4. The Kier molecular flexibility index (Phi) is 9.91. The molecule has 0 radical (unpaired) electrons. The minimum absolute atomic E-state index is 0.213. The van der Waals surface area contributed by atoms with Crippen LogP contribution in [0.3, 0.4) is 0 Å². The summed E-state index contributed by atoms with van der Waals surface area (Å²) in [6.07, 6.45) is 2.30. The van der Waals surface area contributed by atoms with E-state index in [1.54, 1.807) is 19.2 Å². The van der Waals surface area contributed by atoms with Gasteiger partial charge in [-0.25, -0.2) is 5.43 Å². The highest BCUT2D eigenvalue weighted by Crippen LogP contribution is 2.40. The van der Waals surface area contributed by atoms with Crippen molar-refractivity contribution in [3.63, 3.8) is 0 Å². The number of amides is 1. The molecule has 0 saturated carbocycles. The van der Waals surface area contributed by atoms with Crippen molar-refractivity contribution >= 4 is 23.7 Å². The van der Waals surface area contributed by atoms with Crippen molar-refractivity contribution in [1.82, 2.24) is 5.43 Å². The lowest BCUT2D eigenvalue weighted by molar-refractivity contribution is -0.121. The van der Waals surface area contributed by atoms with Crippen LogP contribution < -0.4 is 14.9 Å². The smallest absolute Gasteiger partial charge is 0.240 e. The summed E-state index contributed by atoms with van der Waals surface area (Å²) in [4.78, 5) is 12.6. The van der Waals surface area contributed by atoms with Gasteiger partial charge < -0.3 is 14.6 Å². The number of hydrogen-bond donors (Lipinski definition) is 2. The second-order valence-corrected chi connectivity index (χ2v) is 12.5. The molecule has 0 aliphatic rings. The van der Waals surface area contributed by atoms with Crippen LogP contribution in [0.5, 0.6) is 17.2 Å². The zero-order chi connectivity index (χ0) is 29.7. The lowest BCUT2D eigenvalue weighted by Crippen LogP contribution is -2.20. The highest BCUT2D eigenvalue weighted by molar-refractivity contribution is 6.32. The molecule has 2 N–H and O–H groups in total. The zero-order valence-electron chi connectivity index (χ0n) is 24.8. The number of benzene rings is 3. The molecular weight excluding hydrogens is 524 g/mol. The Morgan fingerprint density at radius 1 is 0.975 bits per heavy atom. The van der Waals surface area contributed by atoms with Crippen molar-refractivity contribution < 1.29 is 19.4 Å². The molecule has 0 saturated heterocycles. The molecule has 6 nitrogen and oxygen atoms in total.